The molecule has 0 unspecified atom stereocenters. The molecule has 0 spiro atoms. The Bertz CT molecular complexity index is 1630. The van der Waals surface area contributed by atoms with Gasteiger partial charge in [0.1, 0.15) is 12.3 Å². The van der Waals surface area contributed by atoms with Crippen LogP contribution in [0.25, 0.3) is 0 Å². The molecule has 8 nitrogen and oxygen atoms in total. The summed E-state index contributed by atoms with van der Waals surface area (Å²) in [7, 11) is -1.21. The molecule has 0 fully saturated rings. The van der Waals surface area contributed by atoms with Gasteiger partial charge in [0.15, 0.2) is 17.2 Å². The van der Waals surface area contributed by atoms with Gasteiger partial charge in [-0.1, -0.05) is 53.0 Å². The van der Waals surface area contributed by atoms with Crippen molar-refractivity contribution in [3.8, 4) is 23.0 Å². The van der Waals surface area contributed by atoms with E-state index in [1.54, 1.807) is 48.5 Å². The number of aryl methyl sites for hydroxylation is 1. The highest BCUT2D eigenvalue weighted by Crippen LogP contribution is 2.37. The molecule has 0 heterocycles. The minimum atomic E-state index is -4.17. The number of carbonyl (C=O) groups is 1. The first-order valence-electron chi connectivity index (χ1n) is 12.0. The van der Waals surface area contributed by atoms with Crippen LogP contribution in [0.2, 0.25) is 10.0 Å². The zero-order chi connectivity index (χ0) is 28.9. The van der Waals surface area contributed by atoms with Crippen molar-refractivity contribution in [2.45, 2.75) is 11.8 Å². The maximum atomic E-state index is 13.7. The van der Waals surface area contributed by atoms with E-state index in [-0.39, 0.29) is 27.0 Å². The van der Waals surface area contributed by atoms with Crippen molar-refractivity contribution in [3.05, 3.63) is 101 Å². The van der Waals surface area contributed by atoms with Crippen molar-refractivity contribution < 1.29 is 27.4 Å². The zero-order valence-corrected chi connectivity index (χ0v) is 24.2. The fourth-order valence-electron chi connectivity index (χ4n) is 3.79. The number of ether oxygens (including phenoxy) is 3. The number of rotatable bonds is 10. The lowest BCUT2D eigenvalue weighted by Crippen LogP contribution is -2.38. The third-order valence-corrected chi connectivity index (χ3v) is 8.14. The summed E-state index contributed by atoms with van der Waals surface area (Å²) in [6.07, 6.45) is 0. The van der Waals surface area contributed by atoms with E-state index in [0.29, 0.717) is 22.3 Å². The summed E-state index contributed by atoms with van der Waals surface area (Å²) in [6.45, 7) is 1.28. The molecule has 208 valence electrons. The van der Waals surface area contributed by atoms with Crippen LogP contribution in [0.4, 0.5) is 11.4 Å². The molecule has 0 atom stereocenters. The molecule has 0 saturated heterocycles. The predicted molar refractivity (Wildman–Crippen MR) is 157 cm³/mol. The number of para-hydroxylation sites is 2. The van der Waals surface area contributed by atoms with Crippen LogP contribution in [0.1, 0.15) is 5.56 Å². The molecule has 0 bridgehead atoms. The van der Waals surface area contributed by atoms with Gasteiger partial charge in [-0.15, -0.1) is 0 Å². The SMILES string of the molecule is COc1ccc(N(CC(=O)Nc2cc(Cl)ccc2Oc2ccccc2OC)S(=O)(=O)c2ccc(C)cc2)cc1Cl. The summed E-state index contributed by atoms with van der Waals surface area (Å²) in [5, 5.41) is 3.25. The Labute approximate surface area is 243 Å². The van der Waals surface area contributed by atoms with Crippen LogP contribution in [-0.4, -0.2) is 35.1 Å². The highest BCUT2D eigenvalue weighted by atomic mass is 35.5. The number of hydrogen-bond donors (Lipinski definition) is 1. The van der Waals surface area contributed by atoms with E-state index in [0.717, 1.165) is 9.87 Å². The van der Waals surface area contributed by atoms with Crippen LogP contribution < -0.4 is 23.8 Å². The molecule has 0 aliphatic carbocycles. The predicted octanol–water partition coefficient (Wildman–Crippen LogP) is 6.95. The first kappa shape index (κ1) is 29.1. The van der Waals surface area contributed by atoms with Crippen molar-refractivity contribution >= 4 is 50.5 Å². The summed E-state index contributed by atoms with van der Waals surface area (Å²) < 4.78 is 45.0. The quantitative estimate of drug-likeness (QED) is 0.212. The molecule has 0 saturated carbocycles. The first-order chi connectivity index (χ1) is 19.1. The summed E-state index contributed by atoms with van der Waals surface area (Å²) in [4.78, 5) is 13.4. The Kier molecular flexibility index (Phi) is 9.09. The van der Waals surface area contributed by atoms with Gasteiger partial charge in [0.05, 0.1) is 35.5 Å². The molecular formula is C29H26Cl2N2O6S. The Morgan fingerprint density at radius 2 is 1.48 bits per heavy atom. The molecule has 1 N–H and O–H groups in total. The fourth-order valence-corrected chi connectivity index (χ4v) is 5.63. The van der Waals surface area contributed by atoms with E-state index in [1.807, 2.05) is 6.92 Å². The molecule has 11 heteroatoms. The molecule has 0 radical (unpaired) electrons. The van der Waals surface area contributed by atoms with Crippen molar-refractivity contribution in [2.75, 3.05) is 30.4 Å². The van der Waals surface area contributed by atoms with Gasteiger partial charge >= 0.3 is 0 Å². The van der Waals surface area contributed by atoms with E-state index in [9.17, 15) is 13.2 Å². The topological polar surface area (TPSA) is 94.2 Å². The molecule has 0 aliphatic heterocycles. The number of benzene rings is 4. The molecular weight excluding hydrogens is 575 g/mol. The largest absolute Gasteiger partial charge is 0.495 e. The van der Waals surface area contributed by atoms with Gasteiger partial charge in [-0.3, -0.25) is 9.10 Å². The first-order valence-corrected chi connectivity index (χ1v) is 14.1. The van der Waals surface area contributed by atoms with E-state index in [1.165, 1.54) is 50.6 Å². The number of nitrogens with one attached hydrogen (secondary N) is 1. The van der Waals surface area contributed by atoms with Gasteiger partial charge in [-0.05, 0) is 67.6 Å². The summed E-state index contributed by atoms with van der Waals surface area (Å²) in [6, 6.07) is 22.5. The molecule has 4 aromatic rings. The van der Waals surface area contributed by atoms with Gasteiger partial charge in [0, 0.05) is 5.02 Å². The second-order valence-electron chi connectivity index (χ2n) is 8.59. The van der Waals surface area contributed by atoms with E-state index >= 15 is 0 Å². The zero-order valence-electron chi connectivity index (χ0n) is 21.9. The average Bonchev–Trinajstić information content (AvgIpc) is 2.93. The number of sulfonamides is 1. The normalized spacial score (nSPS) is 11.0. The number of carbonyl (C=O) groups excluding carboxylic acids is 1. The third kappa shape index (κ3) is 6.62. The van der Waals surface area contributed by atoms with Gasteiger partial charge in [0.25, 0.3) is 10.0 Å². The number of nitrogens with zero attached hydrogens (tertiary/aromatic N) is 1. The van der Waals surface area contributed by atoms with Crippen LogP contribution in [0.5, 0.6) is 23.0 Å². The standard InChI is InChI=1S/C29H26Cl2N2O6S/c1-19-8-12-22(13-9-19)40(35,36)33(21-11-15-25(37-2)23(31)17-21)18-29(34)32-24-16-20(30)10-14-26(24)39-28-7-5-4-6-27(28)38-3/h4-17H,18H2,1-3H3,(H,32,34). The number of anilines is 2. The molecule has 0 aliphatic rings. The highest BCUT2D eigenvalue weighted by molar-refractivity contribution is 7.92. The lowest BCUT2D eigenvalue weighted by molar-refractivity contribution is -0.114. The Morgan fingerprint density at radius 1 is 0.825 bits per heavy atom. The van der Waals surface area contributed by atoms with Gasteiger partial charge < -0.3 is 19.5 Å². The Balaban J connectivity index is 1.68. The lowest BCUT2D eigenvalue weighted by Gasteiger charge is -2.25. The number of halogens is 2. The average molecular weight is 602 g/mol. The minimum absolute atomic E-state index is 0.0146. The van der Waals surface area contributed by atoms with Crippen LogP contribution in [-0.2, 0) is 14.8 Å². The van der Waals surface area contributed by atoms with E-state index in [2.05, 4.69) is 5.32 Å². The van der Waals surface area contributed by atoms with Gasteiger partial charge in [0.2, 0.25) is 5.91 Å². The Morgan fingerprint density at radius 3 is 2.12 bits per heavy atom. The third-order valence-electron chi connectivity index (χ3n) is 5.82. The van der Waals surface area contributed by atoms with Crippen molar-refractivity contribution in [3.63, 3.8) is 0 Å². The lowest BCUT2D eigenvalue weighted by atomic mass is 10.2. The maximum Gasteiger partial charge on any atom is 0.264 e. The molecule has 0 aromatic heterocycles. The fraction of sp³-hybridized carbons (Fsp3) is 0.138. The summed E-state index contributed by atoms with van der Waals surface area (Å²) in [5.41, 5.74) is 1.31. The van der Waals surface area contributed by atoms with Crippen LogP contribution in [0, 0.1) is 6.92 Å². The molecule has 4 rings (SSSR count). The maximum absolute atomic E-state index is 13.7. The molecule has 40 heavy (non-hydrogen) atoms. The second-order valence-corrected chi connectivity index (χ2v) is 11.3. The van der Waals surface area contributed by atoms with Crippen molar-refractivity contribution in [1.29, 1.82) is 0 Å². The minimum Gasteiger partial charge on any atom is -0.495 e. The smallest absolute Gasteiger partial charge is 0.264 e. The number of hydrogen-bond acceptors (Lipinski definition) is 6. The monoisotopic (exact) mass is 600 g/mol. The van der Waals surface area contributed by atoms with Crippen LogP contribution in [0.3, 0.4) is 0 Å². The van der Waals surface area contributed by atoms with Crippen molar-refractivity contribution in [1.82, 2.24) is 0 Å². The van der Waals surface area contributed by atoms with Gasteiger partial charge in [-0.25, -0.2) is 8.42 Å². The Hall–Kier alpha value is -3.92. The summed E-state index contributed by atoms with van der Waals surface area (Å²) >= 11 is 12.5. The molecule has 1 amide bonds. The highest BCUT2D eigenvalue weighted by Gasteiger charge is 2.28. The van der Waals surface area contributed by atoms with Crippen LogP contribution in [0.15, 0.2) is 89.8 Å². The van der Waals surface area contributed by atoms with Crippen molar-refractivity contribution in [2.24, 2.45) is 0 Å². The van der Waals surface area contributed by atoms with E-state index < -0.39 is 22.5 Å². The second kappa shape index (κ2) is 12.5. The molecule has 4 aromatic carbocycles. The number of methoxy groups -OCH3 is 2. The number of amides is 1. The van der Waals surface area contributed by atoms with E-state index in [4.69, 9.17) is 37.4 Å². The summed E-state index contributed by atoms with van der Waals surface area (Å²) in [5.74, 6) is 0.901. The van der Waals surface area contributed by atoms with Gasteiger partial charge in [-0.2, -0.15) is 0 Å². The van der Waals surface area contributed by atoms with Crippen LogP contribution >= 0.6 is 23.2 Å².